The summed E-state index contributed by atoms with van der Waals surface area (Å²) in [4.78, 5) is 1.39. The number of aryl methyl sites for hydroxylation is 2. The van der Waals surface area contributed by atoms with E-state index in [-0.39, 0.29) is 0 Å². The van der Waals surface area contributed by atoms with Gasteiger partial charge in [0.2, 0.25) is 0 Å². The minimum absolute atomic E-state index is 0.502. The van der Waals surface area contributed by atoms with Gasteiger partial charge in [-0.25, -0.2) is 0 Å². The van der Waals surface area contributed by atoms with Crippen LogP contribution < -0.4 is 5.32 Å². The third-order valence-electron chi connectivity index (χ3n) is 3.86. The Hall–Kier alpha value is -1.25. The molecule has 2 heteroatoms. The maximum Gasteiger partial charge on any atom is 0.0199 e. The number of thioether (sulfide) groups is 1. The molecular formula is C19H25NS. The number of hydrogen-bond acceptors (Lipinski definition) is 2. The van der Waals surface area contributed by atoms with Crippen LogP contribution >= 0.6 is 11.8 Å². The Labute approximate surface area is 133 Å². The van der Waals surface area contributed by atoms with Crippen LogP contribution in [0.2, 0.25) is 0 Å². The van der Waals surface area contributed by atoms with Crippen LogP contribution in [0.5, 0.6) is 0 Å². The summed E-state index contributed by atoms with van der Waals surface area (Å²) < 4.78 is 0. The molecule has 0 bridgehead atoms. The number of hydrogen-bond donors (Lipinski definition) is 1. The van der Waals surface area contributed by atoms with E-state index in [0.29, 0.717) is 6.04 Å². The van der Waals surface area contributed by atoms with Crippen molar-refractivity contribution in [2.24, 2.45) is 0 Å². The van der Waals surface area contributed by atoms with E-state index >= 15 is 0 Å². The van der Waals surface area contributed by atoms with E-state index in [9.17, 15) is 0 Å². The van der Waals surface area contributed by atoms with Crippen LogP contribution in [-0.4, -0.2) is 18.8 Å². The average molecular weight is 299 g/mol. The van der Waals surface area contributed by atoms with Gasteiger partial charge in [0.05, 0.1) is 0 Å². The zero-order valence-electron chi connectivity index (χ0n) is 13.2. The lowest BCUT2D eigenvalue weighted by Crippen LogP contribution is -2.30. The smallest absolute Gasteiger partial charge is 0.0199 e. The molecule has 0 radical (unpaired) electrons. The molecule has 0 saturated heterocycles. The van der Waals surface area contributed by atoms with Crippen molar-refractivity contribution >= 4 is 11.8 Å². The highest BCUT2D eigenvalue weighted by molar-refractivity contribution is 7.99. The molecule has 0 aliphatic heterocycles. The molecule has 0 amide bonds. The average Bonchev–Trinajstić information content (AvgIpc) is 2.53. The Morgan fingerprint density at radius 1 is 1.00 bits per heavy atom. The highest BCUT2D eigenvalue weighted by atomic mass is 32.2. The highest BCUT2D eigenvalue weighted by Crippen LogP contribution is 2.23. The van der Waals surface area contributed by atoms with E-state index in [2.05, 4.69) is 74.7 Å². The lowest BCUT2D eigenvalue weighted by atomic mass is 10.0. The standard InChI is InChI=1S/C19H25NS/c1-4-16-9-11-17(12-10-16)13-18(20-3)14-21-19-8-6-5-7-15(19)2/h5-12,18,20H,4,13-14H2,1-3H3. The molecule has 0 aliphatic carbocycles. The first-order valence-corrected chi connectivity index (χ1v) is 8.65. The Balaban J connectivity index is 1.92. The highest BCUT2D eigenvalue weighted by Gasteiger charge is 2.09. The third kappa shape index (κ3) is 4.90. The number of likely N-dealkylation sites (N-methyl/N-ethyl adjacent to an activating group) is 1. The molecule has 0 saturated carbocycles. The Kier molecular flexibility index (Phi) is 6.34. The molecule has 1 nitrogen and oxygen atoms in total. The van der Waals surface area contributed by atoms with Crippen LogP contribution in [0.3, 0.4) is 0 Å². The van der Waals surface area contributed by atoms with Gasteiger partial charge >= 0.3 is 0 Å². The van der Waals surface area contributed by atoms with Gasteiger partial charge in [0.25, 0.3) is 0 Å². The van der Waals surface area contributed by atoms with Crippen molar-refractivity contribution < 1.29 is 0 Å². The van der Waals surface area contributed by atoms with Crippen LogP contribution in [-0.2, 0) is 12.8 Å². The molecule has 21 heavy (non-hydrogen) atoms. The van der Waals surface area contributed by atoms with E-state index in [1.807, 2.05) is 11.8 Å². The predicted molar refractivity (Wildman–Crippen MR) is 94.3 cm³/mol. The molecule has 1 N–H and O–H groups in total. The van der Waals surface area contributed by atoms with E-state index in [0.717, 1.165) is 18.6 Å². The molecule has 0 heterocycles. The number of nitrogens with one attached hydrogen (secondary N) is 1. The largest absolute Gasteiger partial charge is 0.316 e. The summed E-state index contributed by atoms with van der Waals surface area (Å²) in [6.07, 6.45) is 2.19. The summed E-state index contributed by atoms with van der Waals surface area (Å²) in [5, 5.41) is 3.45. The zero-order chi connectivity index (χ0) is 15.1. The quantitative estimate of drug-likeness (QED) is 0.757. The van der Waals surface area contributed by atoms with Gasteiger partial charge in [0, 0.05) is 16.7 Å². The topological polar surface area (TPSA) is 12.0 Å². The van der Waals surface area contributed by atoms with Gasteiger partial charge in [-0.05, 0) is 49.6 Å². The van der Waals surface area contributed by atoms with Crippen LogP contribution in [0.25, 0.3) is 0 Å². The first kappa shape index (κ1) is 16.1. The second-order valence-electron chi connectivity index (χ2n) is 5.44. The van der Waals surface area contributed by atoms with Crippen molar-refractivity contribution in [1.82, 2.24) is 5.32 Å². The van der Waals surface area contributed by atoms with Crippen LogP contribution in [0.15, 0.2) is 53.4 Å². The second kappa shape index (κ2) is 8.26. The molecule has 2 aromatic carbocycles. The van der Waals surface area contributed by atoms with Gasteiger partial charge in [-0.3, -0.25) is 0 Å². The molecular weight excluding hydrogens is 274 g/mol. The first-order chi connectivity index (χ1) is 10.2. The fourth-order valence-corrected chi connectivity index (χ4v) is 3.48. The number of rotatable bonds is 7. The SMILES string of the molecule is CCc1ccc(CC(CSc2ccccc2C)NC)cc1. The molecule has 112 valence electrons. The summed E-state index contributed by atoms with van der Waals surface area (Å²) in [7, 11) is 2.06. The van der Waals surface area contributed by atoms with Crippen molar-refractivity contribution in [3.05, 3.63) is 65.2 Å². The van der Waals surface area contributed by atoms with Crippen molar-refractivity contribution in [2.75, 3.05) is 12.8 Å². The Morgan fingerprint density at radius 2 is 1.67 bits per heavy atom. The molecule has 0 aliphatic rings. The summed E-state index contributed by atoms with van der Waals surface area (Å²) in [5.41, 5.74) is 4.19. The third-order valence-corrected chi connectivity index (χ3v) is 5.19. The Morgan fingerprint density at radius 3 is 2.29 bits per heavy atom. The summed E-state index contributed by atoms with van der Waals surface area (Å²) in [6.45, 7) is 4.38. The van der Waals surface area contributed by atoms with Crippen LogP contribution in [0.4, 0.5) is 0 Å². The number of benzene rings is 2. The van der Waals surface area contributed by atoms with E-state index in [4.69, 9.17) is 0 Å². The van der Waals surface area contributed by atoms with Crippen molar-refractivity contribution in [2.45, 2.75) is 37.6 Å². The molecule has 0 spiro atoms. The van der Waals surface area contributed by atoms with Gasteiger partial charge in [0.15, 0.2) is 0 Å². The maximum atomic E-state index is 3.45. The molecule has 0 fully saturated rings. The first-order valence-electron chi connectivity index (χ1n) is 7.66. The summed E-state index contributed by atoms with van der Waals surface area (Å²) >= 11 is 1.94. The predicted octanol–water partition coefficient (Wildman–Crippen LogP) is 4.48. The second-order valence-corrected chi connectivity index (χ2v) is 6.50. The minimum Gasteiger partial charge on any atom is -0.316 e. The molecule has 1 unspecified atom stereocenters. The fraction of sp³-hybridized carbons (Fsp3) is 0.368. The van der Waals surface area contributed by atoms with E-state index in [1.54, 1.807) is 0 Å². The van der Waals surface area contributed by atoms with Gasteiger partial charge in [-0.15, -0.1) is 11.8 Å². The molecule has 2 aromatic rings. The lowest BCUT2D eigenvalue weighted by Gasteiger charge is -2.17. The van der Waals surface area contributed by atoms with Gasteiger partial charge in [0.1, 0.15) is 0 Å². The minimum atomic E-state index is 0.502. The van der Waals surface area contributed by atoms with E-state index < -0.39 is 0 Å². The Bertz CT molecular complexity index is 548. The van der Waals surface area contributed by atoms with Crippen molar-refractivity contribution in [3.8, 4) is 0 Å². The van der Waals surface area contributed by atoms with E-state index in [1.165, 1.54) is 21.6 Å². The van der Waals surface area contributed by atoms with Crippen LogP contribution in [0, 0.1) is 6.92 Å². The van der Waals surface area contributed by atoms with Gasteiger partial charge in [-0.1, -0.05) is 49.4 Å². The summed E-state index contributed by atoms with van der Waals surface area (Å²) in [6, 6.07) is 18.1. The normalized spacial score (nSPS) is 12.3. The van der Waals surface area contributed by atoms with Crippen LogP contribution in [0.1, 0.15) is 23.6 Å². The molecule has 0 aromatic heterocycles. The molecule has 1 atom stereocenters. The van der Waals surface area contributed by atoms with Gasteiger partial charge in [-0.2, -0.15) is 0 Å². The van der Waals surface area contributed by atoms with Crippen molar-refractivity contribution in [3.63, 3.8) is 0 Å². The maximum absolute atomic E-state index is 3.45. The summed E-state index contributed by atoms with van der Waals surface area (Å²) in [5.74, 6) is 1.09. The van der Waals surface area contributed by atoms with Gasteiger partial charge < -0.3 is 5.32 Å². The molecule has 2 rings (SSSR count). The lowest BCUT2D eigenvalue weighted by molar-refractivity contribution is 0.617. The van der Waals surface area contributed by atoms with Crippen molar-refractivity contribution in [1.29, 1.82) is 0 Å². The zero-order valence-corrected chi connectivity index (χ0v) is 14.0. The monoisotopic (exact) mass is 299 g/mol. The fourth-order valence-electron chi connectivity index (χ4n) is 2.35.